The smallest absolute Gasteiger partial charge is 0.355 e. The minimum atomic E-state index is -0.950. The first-order valence-electron chi connectivity index (χ1n) is 7.26. The summed E-state index contributed by atoms with van der Waals surface area (Å²) in [7, 11) is 0. The Balaban J connectivity index is 1.73. The first kappa shape index (κ1) is 15.3. The Hall–Kier alpha value is -1.14. The number of hydrogen-bond donors (Lipinski definition) is 2. The SMILES string of the molecule is Cc1sc(NCCCN2CCCCC2C)nc1C(=O)O. The van der Waals surface area contributed by atoms with Gasteiger partial charge in [-0.1, -0.05) is 6.42 Å². The molecule has 1 aliphatic rings. The van der Waals surface area contributed by atoms with Crippen molar-refractivity contribution < 1.29 is 9.90 Å². The van der Waals surface area contributed by atoms with Crippen molar-refractivity contribution in [2.24, 2.45) is 0 Å². The molecule has 0 aliphatic carbocycles. The topological polar surface area (TPSA) is 65.5 Å². The van der Waals surface area contributed by atoms with Crippen LogP contribution < -0.4 is 5.32 Å². The molecule has 1 aliphatic heterocycles. The molecule has 2 heterocycles. The van der Waals surface area contributed by atoms with Gasteiger partial charge in [0.05, 0.1) is 0 Å². The second kappa shape index (κ2) is 7.04. The van der Waals surface area contributed by atoms with Crippen molar-refractivity contribution in [1.29, 1.82) is 0 Å². The number of rotatable bonds is 6. The largest absolute Gasteiger partial charge is 0.476 e. The number of aromatic carboxylic acids is 1. The maximum Gasteiger partial charge on any atom is 0.355 e. The van der Waals surface area contributed by atoms with Gasteiger partial charge in [0.1, 0.15) is 0 Å². The Morgan fingerprint density at radius 3 is 3.00 bits per heavy atom. The zero-order valence-corrected chi connectivity index (χ0v) is 13.0. The first-order chi connectivity index (χ1) is 9.58. The fraction of sp³-hybridized carbons (Fsp3) is 0.714. The molecule has 0 saturated carbocycles. The van der Waals surface area contributed by atoms with E-state index >= 15 is 0 Å². The average molecular weight is 297 g/mol. The summed E-state index contributed by atoms with van der Waals surface area (Å²) in [4.78, 5) is 18.3. The molecular formula is C14H23N3O2S. The van der Waals surface area contributed by atoms with Crippen molar-refractivity contribution in [2.75, 3.05) is 25.0 Å². The lowest BCUT2D eigenvalue weighted by molar-refractivity contribution is 0.0690. The maximum absolute atomic E-state index is 10.9. The van der Waals surface area contributed by atoms with Crippen LogP contribution in [0.2, 0.25) is 0 Å². The number of hydrogen-bond acceptors (Lipinski definition) is 5. The van der Waals surface area contributed by atoms with Crippen LogP contribution in [0.5, 0.6) is 0 Å². The standard InChI is InChI=1S/C14H23N3O2S/c1-10-6-3-4-8-17(10)9-5-7-15-14-16-12(13(18)19)11(2)20-14/h10H,3-9H2,1-2H3,(H,15,16)(H,18,19). The summed E-state index contributed by atoms with van der Waals surface area (Å²) in [6.07, 6.45) is 5.03. The molecule has 0 amide bonds. The molecule has 112 valence electrons. The number of aryl methyl sites for hydroxylation is 1. The van der Waals surface area contributed by atoms with Crippen molar-refractivity contribution in [3.63, 3.8) is 0 Å². The zero-order valence-electron chi connectivity index (χ0n) is 12.2. The van der Waals surface area contributed by atoms with Crippen molar-refractivity contribution in [3.05, 3.63) is 10.6 Å². The summed E-state index contributed by atoms with van der Waals surface area (Å²) >= 11 is 1.41. The summed E-state index contributed by atoms with van der Waals surface area (Å²) in [5, 5.41) is 12.9. The highest BCUT2D eigenvalue weighted by Gasteiger charge is 2.17. The van der Waals surface area contributed by atoms with E-state index in [-0.39, 0.29) is 5.69 Å². The third-order valence-corrected chi connectivity index (χ3v) is 4.77. The molecule has 1 aromatic heterocycles. The third kappa shape index (κ3) is 3.93. The van der Waals surface area contributed by atoms with Crippen molar-refractivity contribution in [1.82, 2.24) is 9.88 Å². The molecule has 1 atom stereocenters. The van der Waals surface area contributed by atoms with E-state index in [2.05, 4.69) is 22.1 Å². The Morgan fingerprint density at radius 1 is 1.55 bits per heavy atom. The predicted molar refractivity (Wildman–Crippen MR) is 81.8 cm³/mol. The van der Waals surface area contributed by atoms with Gasteiger partial charge in [-0.2, -0.15) is 0 Å². The number of likely N-dealkylation sites (tertiary alicyclic amines) is 1. The van der Waals surface area contributed by atoms with Gasteiger partial charge >= 0.3 is 5.97 Å². The van der Waals surface area contributed by atoms with Gasteiger partial charge in [-0.15, -0.1) is 11.3 Å². The maximum atomic E-state index is 10.9. The molecule has 1 fully saturated rings. The predicted octanol–water partition coefficient (Wildman–Crippen LogP) is 2.83. The van der Waals surface area contributed by atoms with Crippen LogP contribution in [0.4, 0.5) is 5.13 Å². The first-order valence-corrected chi connectivity index (χ1v) is 8.08. The summed E-state index contributed by atoms with van der Waals surface area (Å²) in [5.41, 5.74) is 0.169. The second-order valence-corrected chi connectivity index (χ2v) is 6.59. The number of carboxylic acid groups (broad SMARTS) is 1. The highest BCUT2D eigenvalue weighted by Crippen LogP contribution is 2.22. The second-order valence-electron chi connectivity index (χ2n) is 5.39. The van der Waals surface area contributed by atoms with E-state index in [0.29, 0.717) is 11.2 Å². The number of piperidine rings is 1. The van der Waals surface area contributed by atoms with Gasteiger partial charge in [-0.05, 0) is 39.7 Å². The lowest BCUT2D eigenvalue weighted by Gasteiger charge is -2.33. The van der Waals surface area contributed by atoms with E-state index in [4.69, 9.17) is 5.11 Å². The molecule has 0 spiro atoms. The Kier molecular flexibility index (Phi) is 5.37. The van der Waals surface area contributed by atoms with Crippen LogP contribution >= 0.6 is 11.3 Å². The van der Waals surface area contributed by atoms with Gasteiger partial charge in [-0.25, -0.2) is 9.78 Å². The minimum Gasteiger partial charge on any atom is -0.476 e. The molecule has 1 aromatic rings. The normalized spacial score (nSPS) is 20.0. The van der Waals surface area contributed by atoms with Gasteiger partial charge in [0.25, 0.3) is 0 Å². The Bertz CT molecular complexity index is 461. The van der Waals surface area contributed by atoms with E-state index in [9.17, 15) is 4.79 Å². The molecule has 5 nitrogen and oxygen atoms in total. The fourth-order valence-electron chi connectivity index (χ4n) is 2.64. The lowest BCUT2D eigenvalue weighted by Crippen LogP contribution is -2.38. The minimum absolute atomic E-state index is 0.169. The van der Waals surface area contributed by atoms with Crippen molar-refractivity contribution >= 4 is 22.4 Å². The molecule has 0 bridgehead atoms. The quantitative estimate of drug-likeness (QED) is 0.790. The van der Waals surface area contributed by atoms with Crippen molar-refractivity contribution in [3.8, 4) is 0 Å². The van der Waals surface area contributed by atoms with Gasteiger partial charge in [0, 0.05) is 24.0 Å². The van der Waals surface area contributed by atoms with E-state index in [0.717, 1.165) is 24.4 Å². The monoisotopic (exact) mass is 297 g/mol. The Labute approximate surface area is 124 Å². The number of aromatic nitrogens is 1. The number of anilines is 1. The van der Waals surface area contributed by atoms with E-state index in [1.807, 2.05) is 0 Å². The molecule has 6 heteroatoms. The van der Waals surface area contributed by atoms with Gasteiger partial charge in [0.15, 0.2) is 10.8 Å². The van der Waals surface area contributed by atoms with Crippen LogP contribution in [-0.4, -0.2) is 46.6 Å². The summed E-state index contributed by atoms with van der Waals surface area (Å²) in [6.45, 7) is 7.25. The number of carboxylic acids is 1. The van der Waals surface area contributed by atoms with Gasteiger partial charge in [0.2, 0.25) is 0 Å². The highest BCUT2D eigenvalue weighted by atomic mass is 32.1. The molecule has 1 unspecified atom stereocenters. The summed E-state index contributed by atoms with van der Waals surface area (Å²) < 4.78 is 0. The summed E-state index contributed by atoms with van der Waals surface area (Å²) in [6, 6.07) is 0.699. The lowest BCUT2D eigenvalue weighted by atomic mass is 10.0. The molecule has 20 heavy (non-hydrogen) atoms. The van der Waals surface area contributed by atoms with Crippen LogP contribution in [-0.2, 0) is 0 Å². The molecule has 2 rings (SSSR count). The van der Waals surface area contributed by atoms with Gasteiger partial charge < -0.3 is 15.3 Å². The molecule has 0 aromatic carbocycles. The van der Waals surface area contributed by atoms with Crippen LogP contribution in [0.15, 0.2) is 0 Å². The van der Waals surface area contributed by atoms with Crippen LogP contribution in [0.1, 0.15) is 48.0 Å². The van der Waals surface area contributed by atoms with Gasteiger partial charge in [-0.3, -0.25) is 0 Å². The number of thiazole rings is 1. The fourth-order valence-corrected chi connectivity index (χ4v) is 3.47. The third-order valence-electron chi connectivity index (χ3n) is 3.84. The van der Waals surface area contributed by atoms with Crippen molar-refractivity contribution in [2.45, 2.75) is 45.6 Å². The molecule has 1 saturated heterocycles. The van der Waals surface area contributed by atoms with E-state index in [1.165, 1.54) is 37.1 Å². The number of carbonyl (C=O) groups is 1. The average Bonchev–Trinajstić information content (AvgIpc) is 2.78. The van der Waals surface area contributed by atoms with Crippen LogP contribution in [0.3, 0.4) is 0 Å². The molecule has 2 N–H and O–H groups in total. The zero-order chi connectivity index (χ0) is 14.5. The van der Waals surface area contributed by atoms with E-state index in [1.54, 1.807) is 6.92 Å². The van der Waals surface area contributed by atoms with Crippen LogP contribution in [0.25, 0.3) is 0 Å². The number of nitrogens with zero attached hydrogens (tertiary/aromatic N) is 2. The summed E-state index contributed by atoms with van der Waals surface area (Å²) in [5.74, 6) is -0.950. The molecule has 0 radical (unpaired) electrons. The van der Waals surface area contributed by atoms with Crippen LogP contribution in [0, 0.1) is 6.92 Å². The molecular weight excluding hydrogens is 274 g/mol. The Morgan fingerprint density at radius 2 is 2.35 bits per heavy atom. The van der Waals surface area contributed by atoms with E-state index < -0.39 is 5.97 Å². The number of nitrogens with one attached hydrogen (secondary N) is 1. The highest BCUT2D eigenvalue weighted by molar-refractivity contribution is 7.15.